The average molecular weight is 464 g/mol. The van der Waals surface area contributed by atoms with Gasteiger partial charge >= 0.3 is 6.18 Å². The number of amides is 1. The first-order valence-corrected chi connectivity index (χ1v) is 12.5. The van der Waals surface area contributed by atoms with Gasteiger partial charge in [-0.3, -0.25) is 9.69 Å². The van der Waals surface area contributed by atoms with Gasteiger partial charge in [0.25, 0.3) is 0 Å². The summed E-state index contributed by atoms with van der Waals surface area (Å²) in [5, 5.41) is 3.77. The summed E-state index contributed by atoms with van der Waals surface area (Å²) in [4.78, 5) is 17.3. The van der Waals surface area contributed by atoms with Crippen LogP contribution >= 0.6 is 11.8 Å². The third-order valence-electron chi connectivity index (χ3n) is 8.02. The standard InChI is InChI=1S/C21H36F3N5OS/c1-12(31-20-27-26-11-28(20)3)13-7-14(25-2)9-15(8-13)29-10-17-16(19(29)30)5-4-6-18(17)21(22,23)24/h12-18,20,25-27H,4-11H2,1-3H3. The Morgan fingerprint density at radius 2 is 2.00 bits per heavy atom. The Kier molecular flexibility index (Phi) is 7.13. The summed E-state index contributed by atoms with van der Waals surface area (Å²) in [6.45, 7) is 3.31. The Hall–Kier alpha value is -0.550. The molecule has 6 nitrogen and oxygen atoms in total. The molecule has 2 saturated carbocycles. The SMILES string of the molecule is CNC1CC(C(C)SC2NNCN2C)CC(N2CC3C(CCCC3C(F)(F)F)C2=O)C1. The topological polar surface area (TPSA) is 59.6 Å². The van der Waals surface area contributed by atoms with Crippen LogP contribution in [-0.2, 0) is 4.79 Å². The fourth-order valence-electron chi connectivity index (χ4n) is 6.20. The molecule has 31 heavy (non-hydrogen) atoms. The number of hydrogen-bond acceptors (Lipinski definition) is 6. The van der Waals surface area contributed by atoms with E-state index in [9.17, 15) is 18.0 Å². The highest BCUT2D eigenvalue weighted by Gasteiger charge is 2.56. The number of hydrogen-bond donors (Lipinski definition) is 3. The van der Waals surface area contributed by atoms with E-state index < -0.39 is 23.9 Å². The zero-order chi connectivity index (χ0) is 22.3. The number of fused-ring (bicyclic) bond motifs is 1. The van der Waals surface area contributed by atoms with Crippen LogP contribution in [0.5, 0.6) is 0 Å². The van der Waals surface area contributed by atoms with Crippen molar-refractivity contribution in [2.24, 2.45) is 23.7 Å². The van der Waals surface area contributed by atoms with Gasteiger partial charge in [-0.05, 0) is 58.0 Å². The molecule has 0 aromatic rings. The summed E-state index contributed by atoms with van der Waals surface area (Å²) in [6, 6.07) is 0.312. The van der Waals surface area contributed by atoms with E-state index >= 15 is 0 Å². The second-order valence-corrected chi connectivity index (χ2v) is 11.3. The number of thioether (sulfide) groups is 1. The summed E-state index contributed by atoms with van der Waals surface area (Å²) < 4.78 is 40.9. The van der Waals surface area contributed by atoms with Crippen LogP contribution in [0.25, 0.3) is 0 Å². The summed E-state index contributed by atoms with van der Waals surface area (Å²) in [5.74, 6) is -1.95. The molecule has 1 amide bonds. The van der Waals surface area contributed by atoms with E-state index in [1.165, 1.54) is 0 Å². The molecule has 0 aromatic heterocycles. The zero-order valence-electron chi connectivity index (χ0n) is 18.6. The molecule has 0 spiro atoms. The third kappa shape index (κ3) is 4.88. The first-order valence-electron chi connectivity index (χ1n) is 11.6. The van der Waals surface area contributed by atoms with E-state index in [4.69, 9.17) is 0 Å². The summed E-state index contributed by atoms with van der Waals surface area (Å²) in [5.41, 5.74) is 6.63. The molecule has 2 heterocycles. The van der Waals surface area contributed by atoms with Crippen LogP contribution in [0, 0.1) is 23.7 Å². The van der Waals surface area contributed by atoms with Gasteiger partial charge in [0.2, 0.25) is 5.91 Å². The van der Waals surface area contributed by atoms with Crippen molar-refractivity contribution in [1.82, 2.24) is 26.0 Å². The second-order valence-electron chi connectivity index (χ2n) is 9.88. The zero-order valence-corrected chi connectivity index (χ0v) is 19.4. The molecule has 8 atom stereocenters. The van der Waals surface area contributed by atoms with Crippen LogP contribution in [0.4, 0.5) is 13.2 Å². The maximum atomic E-state index is 13.6. The van der Waals surface area contributed by atoms with Crippen molar-refractivity contribution in [1.29, 1.82) is 0 Å². The van der Waals surface area contributed by atoms with Crippen LogP contribution < -0.4 is 16.2 Å². The normalized spacial score (nSPS) is 40.9. The number of likely N-dealkylation sites (tertiary alicyclic amines) is 1. The fourth-order valence-corrected chi connectivity index (χ4v) is 7.49. The smallest absolute Gasteiger partial charge is 0.339 e. The lowest BCUT2D eigenvalue weighted by molar-refractivity contribution is -0.198. The summed E-state index contributed by atoms with van der Waals surface area (Å²) in [6.07, 6.45) is -0.194. The second kappa shape index (κ2) is 9.37. The van der Waals surface area contributed by atoms with Crippen molar-refractivity contribution in [3.8, 4) is 0 Å². The molecule has 2 saturated heterocycles. The van der Waals surface area contributed by atoms with Crippen molar-refractivity contribution in [2.75, 3.05) is 27.3 Å². The molecule has 8 unspecified atom stereocenters. The number of carbonyl (C=O) groups excluding carboxylic acids is 1. The predicted octanol–water partition coefficient (Wildman–Crippen LogP) is 2.58. The monoisotopic (exact) mass is 463 g/mol. The molecule has 3 N–H and O–H groups in total. The molecule has 4 aliphatic rings. The van der Waals surface area contributed by atoms with Crippen LogP contribution in [-0.4, -0.2) is 72.0 Å². The molecule has 2 aliphatic carbocycles. The third-order valence-corrected chi connectivity index (χ3v) is 9.57. The van der Waals surface area contributed by atoms with Crippen molar-refractivity contribution in [3.63, 3.8) is 0 Å². The summed E-state index contributed by atoms with van der Waals surface area (Å²) in [7, 11) is 4.02. The minimum atomic E-state index is -4.21. The molecule has 0 bridgehead atoms. The molecular formula is C21H36F3N5OS. The number of carbonyl (C=O) groups is 1. The molecule has 0 radical (unpaired) electrons. The average Bonchev–Trinajstić information content (AvgIpc) is 3.29. The highest BCUT2D eigenvalue weighted by molar-refractivity contribution is 8.00. The van der Waals surface area contributed by atoms with Gasteiger partial charge in [-0.1, -0.05) is 13.3 Å². The Morgan fingerprint density at radius 1 is 1.23 bits per heavy atom. The van der Waals surface area contributed by atoms with Crippen LogP contribution in [0.3, 0.4) is 0 Å². The first kappa shape index (κ1) is 23.6. The van der Waals surface area contributed by atoms with Gasteiger partial charge in [-0.2, -0.15) is 13.2 Å². The fraction of sp³-hybridized carbons (Fsp3) is 0.952. The predicted molar refractivity (Wildman–Crippen MR) is 116 cm³/mol. The Labute approximate surface area is 187 Å². The summed E-state index contributed by atoms with van der Waals surface area (Å²) >= 11 is 1.88. The number of nitrogens with one attached hydrogen (secondary N) is 3. The lowest BCUT2D eigenvalue weighted by Crippen LogP contribution is -2.49. The number of halogens is 3. The van der Waals surface area contributed by atoms with E-state index in [1.807, 2.05) is 23.7 Å². The maximum Gasteiger partial charge on any atom is 0.392 e. The van der Waals surface area contributed by atoms with Crippen molar-refractivity contribution < 1.29 is 18.0 Å². The van der Waals surface area contributed by atoms with E-state index in [2.05, 4.69) is 35.0 Å². The number of alkyl halides is 3. The number of nitrogens with zero attached hydrogens (tertiary/aromatic N) is 2. The Bertz CT molecular complexity index is 653. The molecule has 2 aliphatic heterocycles. The first-order chi connectivity index (χ1) is 14.7. The van der Waals surface area contributed by atoms with Gasteiger partial charge in [0, 0.05) is 29.8 Å². The molecule has 0 aromatic carbocycles. The van der Waals surface area contributed by atoms with Crippen molar-refractivity contribution in [3.05, 3.63) is 0 Å². The van der Waals surface area contributed by atoms with Crippen molar-refractivity contribution in [2.45, 2.75) is 74.5 Å². The molecule has 4 fully saturated rings. The minimum absolute atomic E-state index is 0.0265. The van der Waals surface area contributed by atoms with Gasteiger partial charge in [0.1, 0.15) is 5.50 Å². The highest BCUT2D eigenvalue weighted by atomic mass is 32.2. The van der Waals surface area contributed by atoms with Gasteiger partial charge in [-0.15, -0.1) is 11.8 Å². The van der Waals surface area contributed by atoms with Crippen molar-refractivity contribution >= 4 is 17.7 Å². The van der Waals surface area contributed by atoms with Crippen LogP contribution in [0.15, 0.2) is 0 Å². The Balaban J connectivity index is 1.46. The molecule has 10 heteroatoms. The molecule has 4 rings (SSSR count). The largest absolute Gasteiger partial charge is 0.392 e. The Morgan fingerprint density at radius 3 is 2.65 bits per heavy atom. The van der Waals surface area contributed by atoms with Crippen LogP contribution in [0.1, 0.15) is 45.4 Å². The van der Waals surface area contributed by atoms with Gasteiger partial charge in [0.05, 0.1) is 12.6 Å². The van der Waals surface area contributed by atoms with Gasteiger partial charge < -0.3 is 10.2 Å². The molecule has 178 valence electrons. The van der Waals surface area contributed by atoms with E-state index in [1.54, 1.807) is 0 Å². The highest BCUT2D eigenvalue weighted by Crippen LogP contribution is 2.49. The van der Waals surface area contributed by atoms with Gasteiger partial charge in [0.15, 0.2) is 0 Å². The lowest BCUT2D eigenvalue weighted by Gasteiger charge is -2.42. The van der Waals surface area contributed by atoms with Crippen LogP contribution in [0.2, 0.25) is 0 Å². The maximum absolute atomic E-state index is 13.6. The van der Waals surface area contributed by atoms with E-state index in [-0.39, 0.29) is 36.5 Å². The molecular weight excluding hydrogens is 427 g/mol. The number of hydrazine groups is 1. The van der Waals surface area contributed by atoms with E-state index in [0.29, 0.717) is 24.0 Å². The number of rotatable bonds is 5. The quantitative estimate of drug-likeness (QED) is 0.583. The van der Waals surface area contributed by atoms with Gasteiger partial charge in [-0.25, -0.2) is 10.9 Å². The lowest BCUT2D eigenvalue weighted by atomic mass is 9.73. The minimum Gasteiger partial charge on any atom is -0.339 e. The van der Waals surface area contributed by atoms with E-state index in [0.717, 1.165) is 25.9 Å².